The molecule has 0 aromatic rings. The molecule has 0 rings (SSSR count). The van der Waals surface area contributed by atoms with E-state index in [0.717, 1.165) is 0 Å². The van der Waals surface area contributed by atoms with Gasteiger partial charge in [-0.3, -0.25) is 10.7 Å². The first-order valence-electron chi connectivity index (χ1n) is 0.963. The van der Waals surface area contributed by atoms with Crippen LogP contribution in [0.25, 0.3) is 0 Å². The van der Waals surface area contributed by atoms with Crippen molar-refractivity contribution in [3.8, 4) is 0 Å². The van der Waals surface area contributed by atoms with Crippen molar-refractivity contribution in [2.24, 2.45) is 0 Å². The first kappa shape index (κ1) is 10.0. The van der Waals surface area contributed by atoms with Crippen LogP contribution in [0.3, 0.4) is 0 Å². The molecule has 0 N–H and O–H groups in total. The molecule has 0 radical (unpaired) electrons. The summed E-state index contributed by atoms with van der Waals surface area (Å²) in [6, 6.07) is 0. The molecule has 0 bridgehead atoms. The summed E-state index contributed by atoms with van der Waals surface area (Å²) < 4.78 is 20.2. The van der Waals surface area contributed by atoms with E-state index in [-0.39, 0.29) is 6.33 Å². The Morgan fingerprint density at radius 1 is 1.67 bits per heavy atom. The molecule has 0 atom stereocenters. The Hall–Kier alpha value is 0.953. The van der Waals surface area contributed by atoms with Crippen molar-refractivity contribution in [2.75, 3.05) is 0 Å². The standard InChI is InChI=1S/C2HF2.HI.Zn/c3-1-2-4;;/h1H;1H;/q-1;;+2/p-1. The van der Waals surface area contributed by atoms with Gasteiger partial charge in [-0.05, 0) is 0 Å². The average molecular weight is 255 g/mol. The molecule has 6 heavy (non-hydrogen) atoms. The van der Waals surface area contributed by atoms with E-state index in [1.54, 1.807) is 0 Å². The van der Waals surface area contributed by atoms with E-state index in [9.17, 15) is 8.78 Å². The van der Waals surface area contributed by atoms with Gasteiger partial charge in [0.2, 0.25) is 0 Å². The second-order valence-electron chi connectivity index (χ2n) is 0.218. The average Bonchev–Trinajstić information content (AvgIpc) is 1.72. The van der Waals surface area contributed by atoms with Crippen LogP contribution in [0.5, 0.6) is 0 Å². The Morgan fingerprint density at radius 3 is 1.83 bits per heavy atom. The molecule has 0 aliphatic heterocycles. The Kier molecular flexibility index (Phi) is 28.0. The van der Waals surface area contributed by atoms with Crippen LogP contribution in [0.4, 0.5) is 8.78 Å². The Bertz CT molecular complexity index is 26.7. The fourth-order valence-corrected chi connectivity index (χ4v) is 0. The van der Waals surface area contributed by atoms with Gasteiger partial charge in [-0.15, -0.1) is 0 Å². The first-order chi connectivity index (χ1) is 2.91. The van der Waals surface area contributed by atoms with Gasteiger partial charge >= 0.3 is 34.5 Å². The van der Waals surface area contributed by atoms with Gasteiger partial charge < -0.3 is 4.39 Å². The van der Waals surface area contributed by atoms with Crippen molar-refractivity contribution in [3.05, 3.63) is 12.7 Å². The molecule has 4 heteroatoms. The Morgan fingerprint density at radius 2 is 1.83 bits per heavy atom. The van der Waals surface area contributed by atoms with Crippen LogP contribution in [0.1, 0.15) is 0 Å². The molecule has 0 aliphatic carbocycles. The van der Waals surface area contributed by atoms with E-state index in [2.05, 4.69) is 19.8 Å². The van der Waals surface area contributed by atoms with Crippen LogP contribution in [0.2, 0.25) is 0 Å². The van der Waals surface area contributed by atoms with Crippen molar-refractivity contribution in [2.45, 2.75) is 0 Å². The third kappa shape index (κ3) is 20.3. The third-order valence-electron chi connectivity index (χ3n) is 0.0412. The van der Waals surface area contributed by atoms with Crippen LogP contribution >= 0.6 is 19.8 Å². The van der Waals surface area contributed by atoms with Crippen LogP contribution in [-0.4, -0.2) is 0 Å². The molecule has 0 unspecified atom stereocenters. The molecule has 0 heterocycles. The van der Waals surface area contributed by atoms with Gasteiger partial charge in [-0.1, -0.05) is 6.33 Å². The number of hydrogen-bond acceptors (Lipinski definition) is 0. The summed E-state index contributed by atoms with van der Waals surface area (Å²) in [5, 5.41) is 0. The molecule has 0 aliphatic rings. The van der Waals surface area contributed by atoms with Gasteiger partial charge in [0.15, 0.2) is 0 Å². The van der Waals surface area contributed by atoms with Crippen LogP contribution in [0, 0.1) is 6.33 Å². The number of rotatable bonds is 0. The zero-order chi connectivity index (χ0) is 5.41. The Balaban J connectivity index is 0. The fourth-order valence-electron chi connectivity index (χ4n) is 0. The molecular weight excluding hydrogens is 254 g/mol. The maximum atomic E-state index is 10.1. The third-order valence-corrected chi connectivity index (χ3v) is 0.0412. The van der Waals surface area contributed by atoms with Gasteiger partial charge in [0, 0.05) is 0 Å². The van der Waals surface area contributed by atoms with E-state index in [4.69, 9.17) is 0 Å². The molecule has 0 saturated carbocycles. The van der Waals surface area contributed by atoms with E-state index in [0.29, 0.717) is 6.33 Å². The van der Waals surface area contributed by atoms with Gasteiger partial charge in [-0.25, -0.2) is 0 Å². The molecule has 0 aromatic carbocycles. The van der Waals surface area contributed by atoms with Crippen molar-refractivity contribution >= 4 is 19.8 Å². The van der Waals surface area contributed by atoms with Crippen molar-refractivity contribution in [1.29, 1.82) is 0 Å². The molecule has 0 aromatic heterocycles. The van der Waals surface area contributed by atoms with E-state index >= 15 is 0 Å². The number of hydrogen-bond donors (Lipinski definition) is 0. The van der Waals surface area contributed by atoms with E-state index in [1.807, 2.05) is 0 Å². The summed E-state index contributed by atoms with van der Waals surface area (Å²) in [6.07, 6.45) is 0.347. The predicted molar refractivity (Wildman–Crippen MR) is 24.0 cm³/mol. The topological polar surface area (TPSA) is 0 Å². The van der Waals surface area contributed by atoms with Crippen molar-refractivity contribution in [1.82, 2.24) is 0 Å². The quantitative estimate of drug-likeness (QED) is 0.353. The minimum atomic E-state index is -0.292. The zero-order valence-corrected chi connectivity index (χ0v) is 8.04. The summed E-state index contributed by atoms with van der Waals surface area (Å²) in [5.74, 6) is 0. The fraction of sp³-hybridized carbons (Fsp3) is 0. The van der Waals surface area contributed by atoms with Gasteiger partial charge in [0.25, 0.3) is 0 Å². The van der Waals surface area contributed by atoms with Crippen LogP contribution < -0.4 is 0 Å². The second kappa shape index (κ2) is 16.7. The summed E-state index contributed by atoms with van der Waals surface area (Å²) in [6.45, 7) is 0. The van der Waals surface area contributed by atoms with E-state index < -0.39 is 0 Å². The van der Waals surface area contributed by atoms with Gasteiger partial charge in [-0.2, -0.15) is 0 Å². The normalized spacial score (nSPS) is 7.50. The molecule has 0 spiro atoms. The van der Waals surface area contributed by atoms with Crippen LogP contribution in [0.15, 0.2) is 6.33 Å². The minimum absolute atomic E-state index is 0.292. The number of halogens is 3. The zero-order valence-electron chi connectivity index (χ0n) is 2.92. The first-order valence-corrected chi connectivity index (χ1v) is 10.0. The summed E-state index contributed by atoms with van der Waals surface area (Å²) in [5.41, 5.74) is 0. The van der Waals surface area contributed by atoms with E-state index in [1.165, 1.54) is 14.8 Å². The van der Waals surface area contributed by atoms with Gasteiger partial charge in [0.1, 0.15) is 0 Å². The van der Waals surface area contributed by atoms with Gasteiger partial charge in [0.05, 0.1) is 0 Å². The SMILES string of the molecule is F[C-]=CF.[Zn+][I]. The summed E-state index contributed by atoms with van der Waals surface area (Å²) in [7, 11) is 0. The second-order valence-corrected chi connectivity index (χ2v) is 0.218. The molecular formula is C2HF2IZn. The molecule has 32 valence electrons. The van der Waals surface area contributed by atoms with Crippen molar-refractivity contribution < 1.29 is 23.6 Å². The van der Waals surface area contributed by atoms with Crippen LogP contribution in [-0.2, 0) is 14.8 Å². The molecule has 0 saturated heterocycles. The Labute approximate surface area is 55.9 Å². The molecule has 0 fully saturated rings. The molecule has 0 nitrogen and oxygen atoms in total. The summed E-state index contributed by atoms with van der Waals surface area (Å²) in [4.78, 5) is 0. The summed E-state index contributed by atoms with van der Waals surface area (Å²) >= 11 is 3.62. The molecule has 0 amide bonds. The predicted octanol–water partition coefficient (Wildman–Crippen LogP) is 2.08. The maximum absolute atomic E-state index is 10.1. The monoisotopic (exact) mass is 254 g/mol. The van der Waals surface area contributed by atoms with Crippen molar-refractivity contribution in [3.63, 3.8) is 0 Å².